The van der Waals surface area contributed by atoms with Crippen molar-refractivity contribution in [3.63, 3.8) is 0 Å². The van der Waals surface area contributed by atoms with Crippen LogP contribution in [0.2, 0.25) is 0 Å². The van der Waals surface area contributed by atoms with Gasteiger partial charge in [-0.3, -0.25) is 0 Å². The van der Waals surface area contributed by atoms with Crippen LogP contribution in [0.25, 0.3) is 0 Å². The van der Waals surface area contributed by atoms with E-state index in [1.807, 2.05) is 21.0 Å². The molecule has 0 aliphatic carbocycles. The molecule has 0 aromatic carbocycles. The first kappa shape index (κ1) is 17.5. The molecule has 0 radical (unpaired) electrons. The lowest BCUT2D eigenvalue weighted by Crippen LogP contribution is -2.38. The topological polar surface area (TPSA) is 73.8 Å². The molecule has 2 atom stereocenters. The van der Waals surface area contributed by atoms with Gasteiger partial charge in [-0.05, 0) is 34.0 Å². The number of nitrogens with one attached hydrogen (secondary N) is 1. The molecule has 3 rings (SSSR count). The molecule has 1 aromatic heterocycles. The summed E-state index contributed by atoms with van der Waals surface area (Å²) in [7, 11) is 4.03. The number of hydrogen-bond acceptors (Lipinski definition) is 7. The number of β-amino-alcohol motifs (C(OH)–C–C–N with tert-alkyl or cyclic N) is 1. The average molecular weight is 335 g/mol. The maximum absolute atomic E-state index is 10.4. The van der Waals surface area contributed by atoms with Crippen molar-refractivity contribution in [1.29, 1.82) is 0 Å². The largest absolute Gasteiger partial charge is 0.390 e. The Bertz CT molecular complexity index is 566. The predicted octanol–water partition coefficient (Wildman–Crippen LogP) is -0.188. The molecule has 2 N–H and O–H groups in total. The molecule has 2 aliphatic heterocycles. The van der Waals surface area contributed by atoms with Crippen LogP contribution in [0.15, 0.2) is 0 Å². The highest BCUT2D eigenvalue weighted by atomic mass is 16.5. The lowest BCUT2D eigenvalue weighted by Gasteiger charge is -2.24. The van der Waals surface area contributed by atoms with E-state index in [2.05, 4.69) is 15.1 Å². The highest BCUT2D eigenvalue weighted by Crippen LogP contribution is 2.28. The van der Waals surface area contributed by atoms with Gasteiger partial charge in [0, 0.05) is 38.2 Å². The summed E-state index contributed by atoms with van der Waals surface area (Å²) in [5.74, 6) is 1.73. The first-order valence-corrected chi connectivity index (χ1v) is 8.86. The Morgan fingerprint density at radius 2 is 2.04 bits per heavy atom. The zero-order chi connectivity index (χ0) is 17.1. The van der Waals surface area contributed by atoms with Crippen molar-refractivity contribution in [2.75, 3.05) is 51.8 Å². The number of nitrogens with zero attached hydrogens (tertiary/aromatic N) is 4. The zero-order valence-corrected chi connectivity index (χ0v) is 15.0. The number of ether oxygens (including phenoxy) is 1. The van der Waals surface area contributed by atoms with E-state index in [1.54, 1.807) is 0 Å². The summed E-state index contributed by atoms with van der Waals surface area (Å²) in [5.41, 5.74) is 2.36. The van der Waals surface area contributed by atoms with E-state index in [9.17, 15) is 5.11 Å². The fourth-order valence-corrected chi connectivity index (χ4v) is 3.54. The fraction of sp³-hybridized carbons (Fsp3) is 0.765. The predicted molar refractivity (Wildman–Crippen MR) is 93.3 cm³/mol. The minimum atomic E-state index is -0.357. The van der Waals surface area contributed by atoms with Gasteiger partial charge in [0.15, 0.2) is 5.82 Å². The third kappa shape index (κ3) is 3.69. The van der Waals surface area contributed by atoms with Crippen LogP contribution in [-0.4, -0.2) is 79.0 Å². The molecule has 134 valence electrons. The second kappa shape index (κ2) is 7.74. The molecule has 1 saturated heterocycles. The van der Waals surface area contributed by atoms with Gasteiger partial charge in [0.1, 0.15) is 12.4 Å². The van der Waals surface area contributed by atoms with Crippen LogP contribution in [0.5, 0.6) is 0 Å². The summed E-state index contributed by atoms with van der Waals surface area (Å²) in [6.45, 7) is 6.38. The van der Waals surface area contributed by atoms with Crippen LogP contribution in [-0.2, 0) is 24.2 Å². The monoisotopic (exact) mass is 335 g/mol. The summed E-state index contributed by atoms with van der Waals surface area (Å²) in [6, 6.07) is 0.134. The molecule has 7 nitrogen and oxygen atoms in total. The third-order valence-corrected chi connectivity index (χ3v) is 4.86. The van der Waals surface area contributed by atoms with Crippen molar-refractivity contribution in [1.82, 2.24) is 20.2 Å². The molecular formula is C17H29N5O2. The Kier molecular flexibility index (Phi) is 5.65. The molecule has 0 saturated carbocycles. The van der Waals surface area contributed by atoms with E-state index < -0.39 is 0 Å². The van der Waals surface area contributed by atoms with Gasteiger partial charge in [-0.25, -0.2) is 9.97 Å². The van der Waals surface area contributed by atoms with Crippen molar-refractivity contribution >= 4 is 5.82 Å². The van der Waals surface area contributed by atoms with Crippen LogP contribution in [0, 0.1) is 0 Å². The number of aromatic nitrogens is 2. The normalized spacial score (nSPS) is 24.3. The minimum Gasteiger partial charge on any atom is -0.390 e. The SMILES string of the molecule is CCOCc1nc2c(c(N3C[C@H](O)[C@@H](N(C)C)C3)n1)CCNCC2. The van der Waals surface area contributed by atoms with E-state index >= 15 is 0 Å². The molecule has 24 heavy (non-hydrogen) atoms. The smallest absolute Gasteiger partial charge is 0.156 e. The molecule has 0 unspecified atom stereocenters. The highest BCUT2D eigenvalue weighted by molar-refractivity contribution is 5.51. The highest BCUT2D eigenvalue weighted by Gasteiger charge is 2.35. The summed E-state index contributed by atoms with van der Waals surface area (Å²) < 4.78 is 5.52. The fourth-order valence-electron chi connectivity index (χ4n) is 3.54. The van der Waals surface area contributed by atoms with Crippen LogP contribution < -0.4 is 10.2 Å². The lowest BCUT2D eigenvalue weighted by atomic mass is 10.1. The quantitative estimate of drug-likeness (QED) is 0.773. The minimum absolute atomic E-state index is 0.134. The standard InChI is InChI=1S/C17H29N5O2/c1-4-24-11-16-19-13-6-8-18-7-5-12(13)17(20-16)22-9-14(21(2)3)15(23)10-22/h14-15,18,23H,4-11H2,1-3H3/t14-,15-/m0/s1. The number of aliphatic hydroxyl groups excluding tert-OH is 1. The van der Waals surface area contributed by atoms with Crippen LogP contribution in [0.3, 0.4) is 0 Å². The molecule has 1 fully saturated rings. The van der Waals surface area contributed by atoms with E-state index in [-0.39, 0.29) is 12.1 Å². The van der Waals surface area contributed by atoms with Gasteiger partial charge in [-0.2, -0.15) is 0 Å². The van der Waals surface area contributed by atoms with E-state index in [1.165, 1.54) is 5.56 Å². The van der Waals surface area contributed by atoms with Gasteiger partial charge >= 0.3 is 0 Å². The number of anilines is 1. The number of hydrogen-bond donors (Lipinski definition) is 2. The van der Waals surface area contributed by atoms with Crippen LogP contribution >= 0.6 is 0 Å². The Morgan fingerprint density at radius 3 is 2.75 bits per heavy atom. The van der Waals surface area contributed by atoms with Crippen molar-refractivity contribution in [2.45, 2.75) is 38.5 Å². The molecule has 0 bridgehead atoms. The third-order valence-electron chi connectivity index (χ3n) is 4.86. The molecule has 1 aromatic rings. The molecule has 7 heteroatoms. The van der Waals surface area contributed by atoms with Gasteiger partial charge in [0.05, 0.1) is 17.8 Å². The maximum atomic E-state index is 10.4. The first-order valence-electron chi connectivity index (χ1n) is 8.86. The van der Waals surface area contributed by atoms with Crippen LogP contribution in [0.1, 0.15) is 24.0 Å². The summed E-state index contributed by atoms with van der Waals surface area (Å²) in [5, 5.41) is 13.8. The van der Waals surface area contributed by atoms with Gasteiger partial charge in [0.25, 0.3) is 0 Å². The van der Waals surface area contributed by atoms with Crippen molar-refractivity contribution < 1.29 is 9.84 Å². The summed E-state index contributed by atoms with van der Waals surface area (Å²) in [6.07, 6.45) is 1.49. The average Bonchev–Trinajstić information content (AvgIpc) is 2.79. The Hall–Kier alpha value is -1.28. The number of aliphatic hydroxyl groups is 1. The van der Waals surface area contributed by atoms with Crippen molar-refractivity contribution in [2.24, 2.45) is 0 Å². The zero-order valence-electron chi connectivity index (χ0n) is 15.0. The Morgan fingerprint density at radius 1 is 1.25 bits per heavy atom. The second-order valence-corrected chi connectivity index (χ2v) is 6.78. The van der Waals surface area contributed by atoms with Gasteiger partial charge in [-0.15, -0.1) is 0 Å². The van der Waals surface area contributed by atoms with E-state index in [4.69, 9.17) is 14.7 Å². The Labute approximate surface area is 144 Å². The Balaban J connectivity index is 1.93. The first-order chi connectivity index (χ1) is 11.6. The van der Waals surface area contributed by atoms with Gasteiger partial charge < -0.3 is 25.0 Å². The molecule has 2 aliphatic rings. The molecular weight excluding hydrogens is 306 g/mol. The molecule has 0 amide bonds. The van der Waals surface area contributed by atoms with E-state index in [0.29, 0.717) is 19.8 Å². The second-order valence-electron chi connectivity index (χ2n) is 6.78. The molecule has 3 heterocycles. The van der Waals surface area contributed by atoms with Crippen LogP contribution in [0.4, 0.5) is 5.82 Å². The summed E-state index contributed by atoms with van der Waals surface area (Å²) in [4.78, 5) is 13.9. The van der Waals surface area contributed by atoms with Crippen molar-refractivity contribution in [3.05, 3.63) is 17.1 Å². The molecule has 0 spiro atoms. The number of likely N-dealkylation sites (N-methyl/N-ethyl adjacent to an activating group) is 1. The van der Waals surface area contributed by atoms with E-state index in [0.717, 1.165) is 49.8 Å². The maximum Gasteiger partial charge on any atom is 0.156 e. The number of rotatable bonds is 5. The summed E-state index contributed by atoms with van der Waals surface area (Å²) >= 11 is 0. The number of fused-ring (bicyclic) bond motifs is 1. The van der Waals surface area contributed by atoms with Gasteiger partial charge in [0.2, 0.25) is 0 Å². The van der Waals surface area contributed by atoms with Gasteiger partial charge in [-0.1, -0.05) is 0 Å². The lowest BCUT2D eigenvalue weighted by molar-refractivity contribution is 0.114. The van der Waals surface area contributed by atoms with Crippen molar-refractivity contribution in [3.8, 4) is 0 Å².